The van der Waals surface area contributed by atoms with Crippen LogP contribution in [0.2, 0.25) is 5.15 Å². The highest BCUT2D eigenvalue weighted by molar-refractivity contribution is 6.29. The van der Waals surface area contributed by atoms with E-state index in [0.717, 1.165) is 6.42 Å². The number of aromatic nitrogens is 2. The Bertz CT molecular complexity index is 450. The molecular formula is C12H16ClN3O3. The Labute approximate surface area is 116 Å². The number of esters is 1. The number of amides is 1. The molecule has 2 unspecified atom stereocenters. The zero-order valence-corrected chi connectivity index (χ0v) is 11.8. The minimum atomic E-state index is -0.708. The average molecular weight is 286 g/mol. The molecule has 0 aromatic carbocycles. The Hall–Kier alpha value is -1.69. The molecule has 0 saturated carbocycles. The number of methoxy groups -OCH3 is 1. The van der Waals surface area contributed by atoms with Crippen LogP contribution in [0.15, 0.2) is 12.1 Å². The molecule has 1 heterocycles. The number of carbonyl (C=O) groups excluding carboxylic acids is 2. The second-order valence-corrected chi connectivity index (χ2v) is 4.49. The highest BCUT2D eigenvalue weighted by Gasteiger charge is 2.27. The first-order valence-electron chi connectivity index (χ1n) is 5.87. The highest BCUT2D eigenvalue weighted by Crippen LogP contribution is 2.10. The summed E-state index contributed by atoms with van der Waals surface area (Å²) in [6, 6.07) is 2.19. The van der Waals surface area contributed by atoms with Gasteiger partial charge in [-0.1, -0.05) is 31.9 Å². The lowest BCUT2D eigenvalue weighted by Gasteiger charge is -2.21. The maximum Gasteiger partial charge on any atom is 0.328 e. The van der Waals surface area contributed by atoms with E-state index in [1.54, 1.807) is 0 Å². The van der Waals surface area contributed by atoms with Gasteiger partial charge in [-0.2, -0.15) is 0 Å². The molecule has 1 aromatic rings. The molecule has 0 aliphatic heterocycles. The highest BCUT2D eigenvalue weighted by atomic mass is 35.5. The maximum atomic E-state index is 11.9. The molecule has 0 aliphatic carbocycles. The number of nitrogens with zero attached hydrogens (tertiary/aromatic N) is 2. The maximum absolute atomic E-state index is 11.9. The van der Waals surface area contributed by atoms with E-state index >= 15 is 0 Å². The van der Waals surface area contributed by atoms with Crippen LogP contribution in [0, 0.1) is 5.92 Å². The molecule has 6 nitrogen and oxygen atoms in total. The summed E-state index contributed by atoms with van der Waals surface area (Å²) in [5, 5.41) is 10.0. The third-order valence-electron chi connectivity index (χ3n) is 2.82. The number of rotatable bonds is 5. The molecular weight excluding hydrogens is 270 g/mol. The molecule has 0 fully saturated rings. The lowest BCUT2D eigenvalue weighted by molar-refractivity contribution is -0.144. The van der Waals surface area contributed by atoms with Gasteiger partial charge in [0.15, 0.2) is 10.8 Å². The Morgan fingerprint density at radius 2 is 2.11 bits per heavy atom. The molecule has 7 heteroatoms. The first kappa shape index (κ1) is 15.4. The fourth-order valence-corrected chi connectivity index (χ4v) is 1.55. The van der Waals surface area contributed by atoms with E-state index in [9.17, 15) is 9.59 Å². The fourth-order valence-electron chi connectivity index (χ4n) is 1.45. The van der Waals surface area contributed by atoms with E-state index in [1.165, 1.54) is 19.2 Å². The van der Waals surface area contributed by atoms with E-state index < -0.39 is 17.9 Å². The second kappa shape index (κ2) is 7.04. The van der Waals surface area contributed by atoms with Crippen molar-refractivity contribution >= 4 is 23.5 Å². The summed E-state index contributed by atoms with van der Waals surface area (Å²) in [4.78, 5) is 23.6. The van der Waals surface area contributed by atoms with Crippen molar-refractivity contribution in [3.63, 3.8) is 0 Å². The summed E-state index contributed by atoms with van der Waals surface area (Å²) in [6.45, 7) is 3.78. The summed E-state index contributed by atoms with van der Waals surface area (Å²) >= 11 is 5.59. The number of halogens is 1. The van der Waals surface area contributed by atoms with Gasteiger partial charge >= 0.3 is 5.97 Å². The summed E-state index contributed by atoms with van der Waals surface area (Å²) in [6.07, 6.45) is 0.729. The predicted octanol–water partition coefficient (Wildman–Crippen LogP) is 1.45. The third kappa shape index (κ3) is 4.17. The van der Waals surface area contributed by atoms with Crippen molar-refractivity contribution in [2.24, 2.45) is 5.92 Å². The van der Waals surface area contributed by atoms with Crippen molar-refractivity contribution in [3.05, 3.63) is 23.0 Å². The van der Waals surface area contributed by atoms with Crippen LogP contribution in [-0.2, 0) is 9.53 Å². The van der Waals surface area contributed by atoms with Crippen LogP contribution in [0.3, 0.4) is 0 Å². The predicted molar refractivity (Wildman–Crippen MR) is 69.8 cm³/mol. The standard InChI is InChI=1S/C12H16ClN3O3/c1-4-7(2)10(12(18)19-3)14-11(17)8-5-6-9(13)16-15-8/h5-7,10H,4H2,1-3H3,(H,14,17). The molecule has 1 N–H and O–H groups in total. The molecule has 1 amide bonds. The summed E-state index contributed by atoms with van der Waals surface area (Å²) in [5.74, 6) is -1.01. The minimum absolute atomic E-state index is 0.0448. The molecule has 0 spiro atoms. The number of nitrogens with one attached hydrogen (secondary N) is 1. The van der Waals surface area contributed by atoms with Gasteiger partial charge in [-0.05, 0) is 18.1 Å². The number of hydrogen-bond acceptors (Lipinski definition) is 5. The van der Waals surface area contributed by atoms with Crippen molar-refractivity contribution in [1.82, 2.24) is 15.5 Å². The van der Waals surface area contributed by atoms with Crippen LogP contribution in [-0.4, -0.2) is 35.2 Å². The Morgan fingerprint density at radius 1 is 1.42 bits per heavy atom. The van der Waals surface area contributed by atoms with Gasteiger partial charge in [0.25, 0.3) is 5.91 Å². The summed E-state index contributed by atoms with van der Waals surface area (Å²) in [7, 11) is 1.28. The van der Waals surface area contributed by atoms with Crippen LogP contribution >= 0.6 is 11.6 Å². The van der Waals surface area contributed by atoms with E-state index in [0.29, 0.717) is 0 Å². The Morgan fingerprint density at radius 3 is 2.58 bits per heavy atom. The van der Waals surface area contributed by atoms with Gasteiger partial charge in [0.05, 0.1) is 7.11 Å². The lowest BCUT2D eigenvalue weighted by atomic mass is 9.99. The van der Waals surface area contributed by atoms with Crippen LogP contribution in [0.25, 0.3) is 0 Å². The van der Waals surface area contributed by atoms with E-state index in [1.807, 2.05) is 13.8 Å². The van der Waals surface area contributed by atoms with Crippen LogP contribution in [0.4, 0.5) is 0 Å². The average Bonchev–Trinajstić information content (AvgIpc) is 2.43. The van der Waals surface area contributed by atoms with Crippen molar-refractivity contribution in [2.75, 3.05) is 7.11 Å². The largest absolute Gasteiger partial charge is 0.467 e. The van der Waals surface area contributed by atoms with Crippen LogP contribution < -0.4 is 5.32 Å². The van der Waals surface area contributed by atoms with Gasteiger partial charge < -0.3 is 10.1 Å². The smallest absolute Gasteiger partial charge is 0.328 e. The molecule has 104 valence electrons. The molecule has 1 aromatic heterocycles. The van der Waals surface area contributed by atoms with E-state index in [4.69, 9.17) is 11.6 Å². The summed E-state index contributed by atoms with van der Waals surface area (Å²) in [5.41, 5.74) is 0.0987. The monoisotopic (exact) mass is 285 g/mol. The normalized spacial score (nSPS) is 13.5. The first-order chi connectivity index (χ1) is 8.99. The van der Waals surface area contributed by atoms with Crippen molar-refractivity contribution in [1.29, 1.82) is 0 Å². The molecule has 19 heavy (non-hydrogen) atoms. The topological polar surface area (TPSA) is 81.2 Å². The Balaban J connectivity index is 2.81. The number of carbonyl (C=O) groups is 2. The third-order valence-corrected chi connectivity index (χ3v) is 3.02. The molecule has 0 saturated heterocycles. The number of hydrogen-bond donors (Lipinski definition) is 1. The van der Waals surface area contributed by atoms with Gasteiger partial charge in [0.1, 0.15) is 6.04 Å². The minimum Gasteiger partial charge on any atom is -0.467 e. The van der Waals surface area contributed by atoms with E-state index in [2.05, 4.69) is 20.3 Å². The Kier molecular flexibility index (Phi) is 5.69. The molecule has 0 aliphatic rings. The van der Waals surface area contributed by atoms with Gasteiger partial charge in [-0.3, -0.25) is 4.79 Å². The quantitative estimate of drug-likeness (QED) is 0.828. The van der Waals surface area contributed by atoms with Gasteiger partial charge in [0, 0.05) is 0 Å². The zero-order valence-electron chi connectivity index (χ0n) is 11.0. The van der Waals surface area contributed by atoms with Gasteiger partial charge in [0.2, 0.25) is 0 Å². The van der Waals surface area contributed by atoms with E-state index in [-0.39, 0.29) is 16.8 Å². The van der Waals surface area contributed by atoms with Crippen molar-refractivity contribution in [2.45, 2.75) is 26.3 Å². The molecule has 0 bridgehead atoms. The molecule has 1 rings (SSSR count). The van der Waals surface area contributed by atoms with Crippen molar-refractivity contribution < 1.29 is 14.3 Å². The van der Waals surface area contributed by atoms with Crippen LogP contribution in [0.1, 0.15) is 30.8 Å². The molecule has 2 atom stereocenters. The molecule has 0 radical (unpaired) electrons. The second-order valence-electron chi connectivity index (χ2n) is 4.10. The summed E-state index contributed by atoms with van der Waals surface area (Å²) < 4.78 is 4.68. The fraction of sp³-hybridized carbons (Fsp3) is 0.500. The zero-order chi connectivity index (χ0) is 14.4. The van der Waals surface area contributed by atoms with Crippen LogP contribution in [0.5, 0.6) is 0 Å². The number of ether oxygens (including phenoxy) is 1. The first-order valence-corrected chi connectivity index (χ1v) is 6.25. The SMILES string of the molecule is CCC(C)C(NC(=O)c1ccc(Cl)nn1)C(=O)OC. The van der Waals surface area contributed by atoms with Gasteiger partial charge in [-0.15, -0.1) is 10.2 Å². The lowest BCUT2D eigenvalue weighted by Crippen LogP contribution is -2.45. The van der Waals surface area contributed by atoms with Gasteiger partial charge in [-0.25, -0.2) is 4.79 Å². The van der Waals surface area contributed by atoms with Crippen molar-refractivity contribution in [3.8, 4) is 0 Å².